The number of fused-ring (bicyclic) bond motifs is 2. The van der Waals surface area contributed by atoms with E-state index in [0.29, 0.717) is 51.8 Å². The van der Waals surface area contributed by atoms with Crippen molar-refractivity contribution in [2.75, 3.05) is 50.2 Å². The van der Waals surface area contributed by atoms with Gasteiger partial charge in [0, 0.05) is 69.5 Å². The van der Waals surface area contributed by atoms with Crippen LogP contribution in [0.25, 0.3) is 10.9 Å². The van der Waals surface area contributed by atoms with Crippen LogP contribution in [0.2, 0.25) is 10.0 Å². The molecule has 4 heterocycles. The van der Waals surface area contributed by atoms with Crippen molar-refractivity contribution in [2.24, 2.45) is 7.05 Å². The molecule has 0 radical (unpaired) electrons. The molecule has 5 aromatic rings. The van der Waals surface area contributed by atoms with E-state index >= 15 is 0 Å². The summed E-state index contributed by atoms with van der Waals surface area (Å²) in [5.41, 5.74) is 3.79. The van der Waals surface area contributed by atoms with Gasteiger partial charge in [0.05, 0.1) is 21.9 Å². The molecule has 0 spiro atoms. The van der Waals surface area contributed by atoms with Gasteiger partial charge in [-0.15, -0.1) is 0 Å². The molecule has 3 aromatic carbocycles. The number of hydrogen-bond acceptors (Lipinski definition) is 7. The first kappa shape index (κ1) is 31.6. The summed E-state index contributed by atoms with van der Waals surface area (Å²) in [6.45, 7) is 3.91. The average molecular weight is 688 g/mol. The Labute approximate surface area is 287 Å². The molecule has 0 atom stereocenters. The van der Waals surface area contributed by atoms with Crippen molar-refractivity contribution in [1.82, 2.24) is 19.4 Å². The summed E-state index contributed by atoms with van der Waals surface area (Å²) >= 11 is 12.0. The largest absolute Gasteiger partial charge is 0.454 e. The number of aromatic nitrogens is 2. The number of benzene rings is 3. The Bertz CT molecular complexity index is 2010. The van der Waals surface area contributed by atoms with E-state index in [-0.39, 0.29) is 18.7 Å². The van der Waals surface area contributed by atoms with E-state index in [1.165, 1.54) is 4.90 Å². The predicted octanol–water partition coefficient (Wildman–Crippen LogP) is 7.03. The van der Waals surface area contributed by atoms with Gasteiger partial charge in [-0.05, 0) is 66.2 Å². The van der Waals surface area contributed by atoms with Gasteiger partial charge in [-0.1, -0.05) is 29.3 Å². The number of anilines is 2. The van der Waals surface area contributed by atoms with E-state index in [4.69, 9.17) is 37.4 Å². The first-order valence-corrected chi connectivity index (χ1v) is 16.1. The highest BCUT2D eigenvalue weighted by atomic mass is 35.5. The van der Waals surface area contributed by atoms with Crippen LogP contribution in [0.5, 0.6) is 23.1 Å². The topological polar surface area (TPSA) is 101 Å². The molecule has 3 amide bonds. The third-order valence-electron chi connectivity index (χ3n) is 8.54. The second kappa shape index (κ2) is 13.3. The minimum absolute atomic E-state index is 0.00321. The molecule has 1 fully saturated rings. The molecule has 48 heavy (non-hydrogen) atoms. The standard InChI is InChI=1S/C35H32Cl2N6O5/c1-40(35(45)39-24-4-7-27(36)28(37)18-24)25-5-10-33(38-19-25)48-26-6-8-29-23(16-26)17-30(41(29)2)34(44)43-13-11-42(12-14-43)20-22-3-9-31-32(15-22)47-21-46-31/h3-10,15-19H,11-14,20-21H2,1-2H3,(H,39,45). The third-order valence-corrected chi connectivity index (χ3v) is 9.28. The molecule has 7 rings (SSSR count). The van der Waals surface area contributed by atoms with E-state index in [1.807, 2.05) is 52.9 Å². The SMILES string of the molecule is CN(C(=O)Nc1ccc(Cl)c(Cl)c1)c1ccc(Oc2ccc3c(c2)cc(C(=O)N2CCN(Cc4ccc5c(c4)OCO5)CC2)n3C)nc1. The monoisotopic (exact) mass is 686 g/mol. The highest BCUT2D eigenvalue weighted by molar-refractivity contribution is 6.42. The molecule has 13 heteroatoms. The zero-order valence-corrected chi connectivity index (χ0v) is 27.8. The van der Waals surface area contributed by atoms with Gasteiger partial charge in [0.1, 0.15) is 11.4 Å². The van der Waals surface area contributed by atoms with Crippen molar-refractivity contribution in [1.29, 1.82) is 0 Å². The van der Waals surface area contributed by atoms with Gasteiger partial charge in [-0.25, -0.2) is 9.78 Å². The molecule has 1 saturated heterocycles. The molecule has 0 saturated carbocycles. The summed E-state index contributed by atoms with van der Waals surface area (Å²) in [5, 5.41) is 4.42. The number of urea groups is 1. The fourth-order valence-electron chi connectivity index (χ4n) is 5.82. The van der Waals surface area contributed by atoms with E-state index in [1.54, 1.807) is 43.6 Å². The quantitative estimate of drug-likeness (QED) is 0.196. The number of rotatable bonds is 7. The van der Waals surface area contributed by atoms with Crippen molar-refractivity contribution in [3.8, 4) is 23.1 Å². The number of nitrogens with zero attached hydrogens (tertiary/aromatic N) is 5. The number of halogens is 2. The minimum atomic E-state index is -0.369. The van der Waals surface area contributed by atoms with E-state index in [2.05, 4.69) is 21.3 Å². The number of amides is 3. The Kier molecular flexibility index (Phi) is 8.74. The van der Waals surface area contributed by atoms with Gasteiger partial charge in [-0.3, -0.25) is 14.6 Å². The van der Waals surface area contributed by atoms with Crippen molar-refractivity contribution in [2.45, 2.75) is 6.54 Å². The van der Waals surface area contributed by atoms with Crippen LogP contribution in [0.1, 0.15) is 16.1 Å². The summed E-state index contributed by atoms with van der Waals surface area (Å²) in [4.78, 5) is 36.4. The molecule has 1 N–H and O–H groups in total. The molecule has 2 aliphatic rings. The van der Waals surface area contributed by atoms with E-state index in [9.17, 15) is 9.59 Å². The highest BCUT2D eigenvalue weighted by Crippen LogP contribution is 2.33. The lowest BCUT2D eigenvalue weighted by atomic mass is 10.1. The number of carbonyl (C=O) groups is 2. The maximum absolute atomic E-state index is 13.6. The van der Waals surface area contributed by atoms with Crippen LogP contribution in [0.3, 0.4) is 0 Å². The van der Waals surface area contributed by atoms with Crippen LogP contribution >= 0.6 is 23.2 Å². The second-order valence-corrected chi connectivity index (χ2v) is 12.5. The maximum atomic E-state index is 13.6. The fourth-order valence-corrected chi connectivity index (χ4v) is 6.11. The van der Waals surface area contributed by atoms with Gasteiger partial charge in [-0.2, -0.15) is 0 Å². The number of pyridine rings is 1. The average Bonchev–Trinajstić information content (AvgIpc) is 3.70. The lowest BCUT2D eigenvalue weighted by Gasteiger charge is -2.34. The first-order chi connectivity index (χ1) is 23.2. The lowest BCUT2D eigenvalue weighted by Crippen LogP contribution is -2.48. The van der Waals surface area contributed by atoms with Crippen LogP contribution in [0.4, 0.5) is 16.2 Å². The zero-order valence-electron chi connectivity index (χ0n) is 26.3. The van der Waals surface area contributed by atoms with Gasteiger partial charge in [0.25, 0.3) is 5.91 Å². The Morgan fingerprint density at radius 2 is 1.73 bits per heavy atom. The Hall–Kier alpha value is -4.97. The van der Waals surface area contributed by atoms with Crippen molar-refractivity contribution >= 4 is 57.4 Å². The van der Waals surface area contributed by atoms with Gasteiger partial charge in [0.2, 0.25) is 12.7 Å². The summed E-state index contributed by atoms with van der Waals surface area (Å²) < 4.78 is 18.9. The summed E-state index contributed by atoms with van der Waals surface area (Å²) in [7, 11) is 3.54. The van der Waals surface area contributed by atoms with Crippen molar-refractivity contribution < 1.29 is 23.8 Å². The summed E-state index contributed by atoms with van der Waals surface area (Å²) in [6.07, 6.45) is 1.55. The number of carbonyl (C=O) groups excluding carboxylic acids is 2. The molecule has 2 aliphatic heterocycles. The van der Waals surface area contributed by atoms with E-state index < -0.39 is 0 Å². The number of nitrogens with one attached hydrogen (secondary N) is 1. The van der Waals surface area contributed by atoms with Gasteiger partial charge in [0.15, 0.2) is 11.5 Å². The highest BCUT2D eigenvalue weighted by Gasteiger charge is 2.25. The molecule has 0 aliphatic carbocycles. The zero-order chi connectivity index (χ0) is 33.4. The molecular weight excluding hydrogens is 655 g/mol. The Morgan fingerprint density at radius 3 is 2.50 bits per heavy atom. The number of aryl methyl sites for hydroxylation is 1. The number of piperazine rings is 1. The fraction of sp³-hybridized carbons (Fsp3) is 0.229. The molecule has 246 valence electrons. The lowest BCUT2D eigenvalue weighted by molar-refractivity contribution is 0.0619. The third kappa shape index (κ3) is 6.57. The second-order valence-electron chi connectivity index (χ2n) is 11.6. The van der Waals surface area contributed by atoms with Gasteiger partial charge >= 0.3 is 6.03 Å². The molecule has 2 aromatic heterocycles. The Balaban J connectivity index is 0.960. The number of ether oxygens (including phenoxy) is 3. The van der Waals surface area contributed by atoms with Crippen LogP contribution in [-0.2, 0) is 13.6 Å². The van der Waals surface area contributed by atoms with Crippen LogP contribution in [0.15, 0.2) is 79.0 Å². The normalized spacial score (nSPS) is 14.3. The summed E-state index contributed by atoms with van der Waals surface area (Å²) in [5.74, 6) is 2.51. The Morgan fingerprint density at radius 1 is 0.917 bits per heavy atom. The smallest absolute Gasteiger partial charge is 0.326 e. The van der Waals surface area contributed by atoms with Crippen LogP contribution in [-0.4, -0.2) is 71.3 Å². The van der Waals surface area contributed by atoms with Crippen molar-refractivity contribution in [3.05, 3.63) is 100 Å². The number of hydrogen-bond donors (Lipinski definition) is 1. The molecule has 11 nitrogen and oxygen atoms in total. The molecule has 0 unspecified atom stereocenters. The first-order valence-electron chi connectivity index (χ1n) is 15.3. The maximum Gasteiger partial charge on any atom is 0.326 e. The van der Waals surface area contributed by atoms with Gasteiger partial charge < -0.3 is 29.0 Å². The molecule has 0 bridgehead atoms. The van der Waals surface area contributed by atoms with Crippen LogP contribution in [0, 0.1) is 0 Å². The summed E-state index contributed by atoms with van der Waals surface area (Å²) in [6, 6.07) is 21.5. The minimum Gasteiger partial charge on any atom is -0.454 e. The molecular formula is C35H32Cl2N6O5. The van der Waals surface area contributed by atoms with E-state index in [0.717, 1.165) is 47.6 Å². The predicted molar refractivity (Wildman–Crippen MR) is 185 cm³/mol. The van der Waals surface area contributed by atoms with Crippen LogP contribution < -0.4 is 24.4 Å². The van der Waals surface area contributed by atoms with Crippen molar-refractivity contribution in [3.63, 3.8) is 0 Å².